The average molecular weight is 303 g/mol. The molecule has 2 N–H and O–H groups in total. The van der Waals surface area contributed by atoms with E-state index >= 15 is 0 Å². The van der Waals surface area contributed by atoms with Crippen LogP contribution in [0.2, 0.25) is 0 Å². The topological polar surface area (TPSA) is 100 Å². The smallest absolute Gasteiger partial charge is 0.328 e. The third kappa shape index (κ3) is 4.05. The average Bonchev–Trinajstić information content (AvgIpc) is 2.48. The maximum atomic E-state index is 11.9. The summed E-state index contributed by atoms with van der Waals surface area (Å²) in [5.74, 6) is 0.473. The van der Waals surface area contributed by atoms with Crippen LogP contribution in [0.1, 0.15) is 5.56 Å². The number of H-pyrrole nitrogens is 1. The fraction of sp³-hybridized carbons (Fsp3) is 0.286. The Labute approximate surface area is 126 Å². The zero-order valence-electron chi connectivity index (χ0n) is 12.4. The summed E-state index contributed by atoms with van der Waals surface area (Å²) in [5.41, 5.74) is -0.197. The molecule has 0 spiro atoms. The van der Waals surface area contributed by atoms with Crippen molar-refractivity contribution in [2.24, 2.45) is 0 Å². The van der Waals surface area contributed by atoms with Gasteiger partial charge in [-0.15, -0.1) is 0 Å². The second kappa shape index (κ2) is 6.70. The lowest BCUT2D eigenvalue weighted by Gasteiger charge is -2.12. The van der Waals surface area contributed by atoms with Gasteiger partial charge in [-0.3, -0.25) is 19.1 Å². The van der Waals surface area contributed by atoms with E-state index in [4.69, 9.17) is 0 Å². The largest absolute Gasteiger partial charge is 0.363 e. The predicted octanol–water partition coefficient (Wildman–Crippen LogP) is -0.686. The van der Waals surface area contributed by atoms with Crippen LogP contribution in [0.3, 0.4) is 0 Å². The van der Waals surface area contributed by atoms with Gasteiger partial charge in [0.1, 0.15) is 12.4 Å². The second-order valence-corrected chi connectivity index (χ2v) is 4.93. The molecule has 8 nitrogen and oxygen atoms in total. The molecule has 0 aromatic carbocycles. The van der Waals surface area contributed by atoms with Crippen LogP contribution in [-0.4, -0.2) is 34.5 Å². The minimum absolute atomic E-state index is 0.152. The molecule has 8 heteroatoms. The van der Waals surface area contributed by atoms with Gasteiger partial charge in [0, 0.05) is 39.1 Å². The van der Waals surface area contributed by atoms with E-state index in [1.165, 1.54) is 12.3 Å². The summed E-state index contributed by atoms with van der Waals surface area (Å²) in [6, 6.07) is 4.87. The fourth-order valence-corrected chi connectivity index (χ4v) is 1.80. The van der Waals surface area contributed by atoms with Crippen molar-refractivity contribution < 1.29 is 4.79 Å². The molecule has 2 aromatic heterocycles. The predicted molar refractivity (Wildman–Crippen MR) is 81.7 cm³/mol. The first-order valence-corrected chi connectivity index (χ1v) is 6.64. The van der Waals surface area contributed by atoms with Crippen molar-refractivity contribution in [2.75, 3.05) is 19.0 Å². The molecule has 0 aliphatic heterocycles. The second-order valence-electron chi connectivity index (χ2n) is 4.93. The molecular weight excluding hydrogens is 286 g/mol. The van der Waals surface area contributed by atoms with Crippen molar-refractivity contribution in [2.45, 2.75) is 13.1 Å². The van der Waals surface area contributed by atoms with Crippen molar-refractivity contribution in [3.8, 4) is 0 Å². The molecule has 0 radical (unpaired) electrons. The van der Waals surface area contributed by atoms with Gasteiger partial charge < -0.3 is 10.2 Å². The van der Waals surface area contributed by atoms with Gasteiger partial charge in [0.05, 0.1) is 0 Å². The van der Waals surface area contributed by atoms with Crippen LogP contribution in [0.15, 0.2) is 40.2 Å². The van der Waals surface area contributed by atoms with Crippen LogP contribution >= 0.6 is 0 Å². The van der Waals surface area contributed by atoms with E-state index in [-0.39, 0.29) is 12.5 Å². The SMILES string of the molecule is CN(C)c1cc(CNC(=O)Cn2ccc(=O)[nH]c2=O)ccn1. The lowest BCUT2D eigenvalue weighted by atomic mass is 10.2. The summed E-state index contributed by atoms with van der Waals surface area (Å²) < 4.78 is 1.13. The Morgan fingerprint density at radius 2 is 2.14 bits per heavy atom. The zero-order chi connectivity index (χ0) is 16.1. The van der Waals surface area contributed by atoms with Crippen LogP contribution in [0.5, 0.6) is 0 Å². The summed E-state index contributed by atoms with van der Waals surface area (Å²) in [6.45, 7) is 0.182. The van der Waals surface area contributed by atoms with Gasteiger partial charge >= 0.3 is 5.69 Å². The molecule has 2 heterocycles. The maximum absolute atomic E-state index is 11.9. The lowest BCUT2D eigenvalue weighted by Crippen LogP contribution is -2.35. The highest BCUT2D eigenvalue weighted by Gasteiger charge is 2.05. The van der Waals surface area contributed by atoms with E-state index in [1.54, 1.807) is 12.3 Å². The summed E-state index contributed by atoms with van der Waals surface area (Å²) in [4.78, 5) is 42.4. The molecule has 0 fully saturated rings. The van der Waals surface area contributed by atoms with E-state index in [2.05, 4.69) is 15.3 Å². The molecule has 0 unspecified atom stereocenters. The minimum Gasteiger partial charge on any atom is -0.363 e. The molecule has 0 atom stereocenters. The first kappa shape index (κ1) is 15.5. The number of aromatic nitrogens is 3. The number of anilines is 1. The Morgan fingerprint density at radius 1 is 1.36 bits per heavy atom. The fourth-order valence-electron chi connectivity index (χ4n) is 1.80. The number of amides is 1. The van der Waals surface area contributed by atoms with Crippen molar-refractivity contribution >= 4 is 11.7 Å². The first-order valence-electron chi connectivity index (χ1n) is 6.64. The van der Waals surface area contributed by atoms with Gasteiger partial charge in [0.15, 0.2) is 0 Å². The monoisotopic (exact) mass is 303 g/mol. The zero-order valence-corrected chi connectivity index (χ0v) is 12.4. The van der Waals surface area contributed by atoms with E-state index < -0.39 is 11.2 Å². The van der Waals surface area contributed by atoms with Crippen LogP contribution in [-0.2, 0) is 17.9 Å². The summed E-state index contributed by atoms with van der Waals surface area (Å²) in [5, 5.41) is 2.72. The number of aromatic amines is 1. The molecule has 22 heavy (non-hydrogen) atoms. The molecule has 2 rings (SSSR count). The van der Waals surface area contributed by atoms with Gasteiger partial charge in [-0.25, -0.2) is 9.78 Å². The minimum atomic E-state index is -0.610. The maximum Gasteiger partial charge on any atom is 0.328 e. The molecule has 0 bridgehead atoms. The highest BCUT2D eigenvalue weighted by Crippen LogP contribution is 2.09. The molecule has 2 aromatic rings. The number of hydrogen-bond donors (Lipinski definition) is 2. The Balaban J connectivity index is 1.97. The third-order valence-electron chi connectivity index (χ3n) is 2.97. The van der Waals surface area contributed by atoms with Crippen LogP contribution < -0.4 is 21.5 Å². The van der Waals surface area contributed by atoms with E-state index in [0.717, 1.165) is 15.9 Å². The standard InChI is InChI=1S/C14H17N5O3/c1-18(2)11-7-10(3-5-15-11)8-16-13(21)9-19-6-4-12(20)17-14(19)22/h3-7H,8-9H2,1-2H3,(H,16,21)(H,17,20,22). The Morgan fingerprint density at radius 3 is 2.82 bits per heavy atom. The van der Waals surface area contributed by atoms with Gasteiger partial charge in [0.2, 0.25) is 5.91 Å². The Kier molecular flexibility index (Phi) is 4.72. The molecular formula is C14H17N5O3. The molecule has 0 saturated carbocycles. The Bertz CT molecular complexity index is 778. The normalized spacial score (nSPS) is 10.3. The molecule has 0 aliphatic rings. The van der Waals surface area contributed by atoms with Gasteiger partial charge in [-0.1, -0.05) is 0 Å². The number of carbonyl (C=O) groups excluding carboxylic acids is 1. The van der Waals surface area contributed by atoms with Crippen molar-refractivity contribution in [3.63, 3.8) is 0 Å². The van der Waals surface area contributed by atoms with Crippen LogP contribution in [0.4, 0.5) is 5.82 Å². The van der Waals surface area contributed by atoms with E-state index in [9.17, 15) is 14.4 Å². The summed E-state index contributed by atoms with van der Waals surface area (Å²) in [7, 11) is 3.76. The summed E-state index contributed by atoms with van der Waals surface area (Å²) in [6.07, 6.45) is 2.96. The highest BCUT2D eigenvalue weighted by molar-refractivity contribution is 5.75. The number of carbonyl (C=O) groups is 1. The van der Waals surface area contributed by atoms with Gasteiger partial charge in [0.25, 0.3) is 5.56 Å². The number of hydrogen-bond acceptors (Lipinski definition) is 5. The van der Waals surface area contributed by atoms with Gasteiger partial charge in [-0.05, 0) is 17.7 Å². The van der Waals surface area contributed by atoms with E-state index in [1.807, 2.05) is 25.1 Å². The number of pyridine rings is 1. The molecule has 1 amide bonds. The Hall–Kier alpha value is -2.90. The van der Waals surface area contributed by atoms with Crippen molar-refractivity contribution in [1.29, 1.82) is 0 Å². The first-order chi connectivity index (χ1) is 10.5. The molecule has 116 valence electrons. The number of nitrogens with zero attached hydrogens (tertiary/aromatic N) is 3. The van der Waals surface area contributed by atoms with Crippen LogP contribution in [0, 0.1) is 0 Å². The molecule has 0 saturated heterocycles. The number of rotatable bonds is 5. The van der Waals surface area contributed by atoms with Crippen molar-refractivity contribution in [1.82, 2.24) is 19.9 Å². The lowest BCUT2D eigenvalue weighted by molar-refractivity contribution is -0.121. The number of nitrogens with one attached hydrogen (secondary N) is 2. The quantitative estimate of drug-likeness (QED) is 0.762. The summed E-state index contributed by atoms with van der Waals surface area (Å²) >= 11 is 0. The van der Waals surface area contributed by atoms with Crippen molar-refractivity contribution in [3.05, 3.63) is 57.0 Å². The van der Waals surface area contributed by atoms with Gasteiger partial charge in [-0.2, -0.15) is 0 Å². The third-order valence-corrected chi connectivity index (χ3v) is 2.97. The highest BCUT2D eigenvalue weighted by atomic mass is 16.2. The molecule has 0 aliphatic carbocycles. The van der Waals surface area contributed by atoms with E-state index in [0.29, 0.717) is 6.54 Å². The van der Waals surface area contributed by atoms with Crippen LogP contribution in [0.25, 0.3) is 0 Å².